The van der Waals surface area contributed by atoms with E-state index >= 15 is 0 Å². The number of hydrogen-bond donors (Lipinski definition) is 1. The van der Waals surface area contributed by atoms with E-state index < -0.39 is 5.97 Å². The summed E-state index contributed by atoms with van der Waals surface area (Å²) in [6.45, 7) is 1.23. The number of rotatable bonds is 5. The average Bonchev–Trinajstić information content (AvgIpc) is 1.97. The Morgan fingerprint density at radius 1 is 1.64 bits per heavy atom. The highest BCUT2D eigenvalue weighted by Gasteiger charge is 1.99. The third kappa shape index (κ3) is 6.81. The second kappa shape index (κ2) is 5.69. The molecule has 0 aliphatic rings. The van der Waals surface area contributed by atoms with Gasteiger partial charge in [0.25, 0.3) is 0 Å². The van der Waals surface area contributed by atoms with E-state index in [2.05, 4.69) is 0 Å². The fourth-order valence-electron chi connectivity index (χ4n) is 0.710. The van der Waals surface area contributed by atoms with Crippen molar-refractivity contribution in [3.8, 4) is 6.07 Å². The van der Waals surface area contributed by atoms with Gasteiger partial charge >= 0.3 is 0 Å². The van der Waals surface area contributed by atoms with Crippen molar-refractivity contribution < 1.29 is 14.8 Å². The molecule has 0 aromatic heterocycles. The lowest BCUT2D eigenvalue weighted by atomic mass is 10.3. The lowest BCUT2D eigenvalue weighted by Crippen LogP contribution is -3.09. The maximum atomic E-state index is 9.99. The van der Waals surface area contributed by atoms with Crippen molar-refractivity contribution in [2.24, 2.45) is 0 Å². The topological polar surface area (TPSA) is 68.4 Å². The zero-order chi connectivity index (χ0) is 8.69. The molecular weight excluding hydrogens is 144 g/mol. The van der Waals surface area contributed by atoms with Crippen LogP contribution in [0.25, 0.3) is 0 Å². The van der Waals surface area contributed by atoms with Gasteiger partial charge in [0, 0.05) is 12.4 Å². The molecule has 1 N–H and O–H groups in total. The maximum absolute atomic E-state index is 9.99. The van der Waals surface area contributed by atoms with Gasteiger partial charge in [-0.15, -0.1) is 0 Å². The number of aliphatic carboxylic acids is 1. The van der Waals surface area contributed by atoms with Crippen LogP contribution in [-0.2, 0) is 4.79 Å². The first-order valence-corrected chi connectivity index (χ1v) is 3.55. The summed E-state index contributed by atoms with van der Waals surface area (Å²) in [6.07, 6.45) is 0.538. The smallest absolute Gasteiger partial charge is 0.0901 e. The Morgan fingerprint density at radius 2 is 2.27 bits per heavy atom. The first-order valence-electron chi connectivity index (χ1n) is 3.55. The summed E-state index contributed by atoms with van der Waals surface area (Å²) in [4.78, 5) is 11.0. The molecule has 0 rings (SSSR count). The standard InChI is InChI=1S/C7H12N2O2/c1-9(5-2-4-8)6-3-7(10)11/h2-3,5-6H2,1H3,(H,10,11). The van der Waals surface area contributed by atoms with Crippen molar-refractivity contribution in [1.82, 2.24) is 0 Å². The molecule has 0 aromatic rings. The molecule has 0 aromatic carbocycles. The Kier molecular flexibility index (Phi) is 5.13. The van der Waals surface area contributed by atoms with Crippen LogP contribution in [0.4, 0.5) is 0 Å². The van der Waals surface area contributed by atoms with Gasteiger partial charge in [-0.25, -0.2) is 0 Å². The number of carboxylic acids is 1. The minimum Gasteiger partial charge on any atom is -0.550 e. The summed E-state index contributed by atoms with van der Waals surface area (Å²) in [5.74, 6) is -1.03. The molecule has 0 fully saturated rings. The quantitative estimate of drug-likeness (QED) is 0.480. The number of nitrogens with one attached hydrogen (secondary N) is 1. The van der Waals surface area contributed by atoms with Gasteiger partial charge in [-0.2, -0.15) is 5.26 Å². The van der Waals surface area contributed by atoms with E-state index in [1.54, 1.807) is 0 Å². The summed E-state index contributed by atoms with van der Waals surface area (Å²) >= 11 is 0. The predicted molar refractivity (Wildman–Crippen MR) is 36.5 cm³/mol. The van der Waals surface area contributed by atoms with Crippen LogP contribution in [0.3, 0.4) is 0 Å². The number of quaternary nitrogens is 1. The number of carbonyl (C=O) groups excluding carboxylic acids is 1. The molecule has 0 radical (unpaired) electrons. The van der Waals surface area contributed by atoms with E-state index in [-0.39, 0.29) is 6.42 Å². The number of nitriles is 1. The largest absolute Gasteiger partial charge is 0.550 e. The second-order valence-corrected chi connectivity index (χ2v) is 2.49. The molecular formula is C7H12N2O2. The van der Waals surface area contributed by atoms with Gasteiger partial charge < -0.3 is 14.8 Å². The Morgan fingerprint density at radius 3 is 2.73 bits per heavy atom. The van der Waals surface area contributed by atoms with E-state index in [4.69, 9.17) is 5.26 Å². The molecule has 0 saturated heterocycles. The van der Waals surface area contributed by atoms with Crippen molar-refractivity contribution in [2.45, 2.75) is 12.8 Å². The highest BCUT2D eigenvalue weighted by atomic mass is 16.4. The lowest BCUT2D eigenvalue weighted by Gasteiger charge is -2.11. The van der Waals surface area contributed by atoms with Crippen molar-refractivity contribution in [1.29, 1.82) is 5.26 Å². The molecule has 0 aliphatic heterocycles. The predicted octanol–water partition coefficient (Wildman–Crippen LogP) is -2.45. The van der Waals surface area contributed by atoms with Crippen molar-refractivity contribution in [2.75, 3.05) is 20.1 Å². The summed E-state index contributed by atoms with van der Waals surface area (Å²) < 4.78 is 0. The maximum Gasteiger partial charge on any atom is 0.0901 e. The second-order valence-electron chi connectivity index (χ2n) is 2.49. The monoisotopic (exact) mass is 156 g/mol. The van der Waals surface area contributed by atoms with Gasteiger partial charge in [0.1, 0.15) is 0 Å². The van der Waals surface area contributed by atoms with Crippen molar-refractivity contribution in [3.63, 3.8) is 0 Å². The van der Waals surface area contributed by atoms with E-state index in [1.165, 1.54) is 0 Å². The zero-order valence-electron chi connectivity index (χ0n) is 6.59. The van der Waals surface area contributed by atoms with Crippen LogP contribution >= 0.6 is 0 Å². The van der Waals surface area contributed by atoms with E-state index in [9.17, 15) is 9.90 Å². The van der Waals surface area contributed by atoms with E-state index in [0.29, 0.717) is 19.5 Å². The molecule has 0 amide bonds. The van der Waals surface area contributed by atoms with Crippen LogP contribution < -0.4 is 10.0 Å². The summed E-state index contributed by atoms with van der Waals surface area (Å²) in [6, 6.07) is 2.00. The molecule has 4 heteroatoms. The first kappa shape index (κ1) is 9.92. The summed E-state index contributed by atoms with van der Waals surface area (Å²) in [7, 11) is 1.86. The third-order valence-electron chi connectivity index (χ3n) is 1.42. The Labute approximate surface area is 66.0 Å². The molecule has 0 spiro atoms. The molecule has 0 bridgehead atoms. The molecule has 62 valence electrons. The molecule has 0 aliphatic carbocycles. The van der Waals surface area contributed by atoms with Crippen molar-refractivity contribution in [3.05, 3.63) is 0 Å². The molecule has 4 nitrogen and oxygen atoms in total. The lowest BCUT2D eigenvalue weighted by molar-refractivity contribution is -0.878. The fraction of sp³-hybridized carbons (Fsp3) is 0.714. The van der Waals surface area contributed by atoms with Gasteiger partial charge in [0.2, 0.25) is 0 Å². The van der Waals surface area contributed by atoms with E-state index in [1.807, 2.05) is 13.1 Å². The first-order chi connectivity index (χ1) is 5.16. The van der Waals surface area contributed by atoms with Crippen LogP contribution in [0.1, 0.15) is 12.8 Å². The van der Waals surface area contributed by atoms with Crippen LogP contribution in [0, 0.1) is 11.3 Å². The third-order valence-corrected chi connectivity index (χ3v) is 1.42. The summed E-state index contributed by atoms with van der Waals surface area (Å²) in [5.41, 5.74) is 0. The Bertz CT molecular complexity index is 162. The Hall–Kier alpha value is -1.08. The van der Waals surface area contributed by atoms with Gasteiger partial charge in [-0.1, -0.05) is 0 Å². The minimum atomic E-state index is -1.03. The number of carbonyl (C=O) groups is 1. The molecule has 1 atom stereocenters. The van der Waals surface area contributed by atoms with Crippen LogP contribution in [0.15, 0.2) is 0 Å². The molecule has 0 heterocycles. The van der Waals surface area contributed by atoms with Crippen LogP contribution in [0.5, 0.6) is 0 Å². The molecule has 1 unspecified atom stereocenters. The highest BCUT2D eigenvalue weighted by molar-refractivity contribution is 5.64. The number of carboxylic acid groups (broad SMARTS) is 1. The van der Waals surface area contributed by atoms with Crippen LogP contribution in [-0.4, -0.2) is 26.1 Å². The van der Waals surface area contributed by atoms with Gasteiger partial charge in [-0.05, 0) is 0 Å². The SMILES string of the molecule is C[NH+](CCC#N)CCC(=O)[O-]. The van der Waals surface area contributed by atoms with Crippen molar-refractivity contribution >= 4 is 5.97 Å². The fourth-order valence-corrected chi connectivity index (χ4v) is 0.710. The normalized spacial score (nSPS) is 12.0. The summed E-state index contributed by atoms with van der Waals surface area (Å²) in [5, 5.41) is 18.2. The minimum absolute atomic E-state index is 0.0667. The van der Waals surface area contributed by atoms with Gasteiger partial charge in [-0.3, -0.25) is 0 Å². The van der Waals surface area contributed by atoms with Crippen LogP contribution in [0.2, 0.25) is 0 Å². The van der Waals surface area contributed by atoms with Gasteiger partial charge in [0.05, 0.1) is 32.6 Å². The molecule has 11 heavy (non-hydrogen) atoms. The zero-order valence-corrected chi connectivity index (χ0v) is 6.59. The van der Waals surface area contributed by atoms with E-state index in [0.717, 1.165) is 4.90 Å². The number of hydrogen-bond acceptors (Lipinski definition) is 3. The average molecular weight is 156 g/mol. The number of nitrogens with zero attached hydrogens (tertiary/aromatic N) is 1. The Balaban J connectivity index is 3.31. The highest BCUT2D eigenvalue weighted by Crippen LogP contribution is 1.68. The molecule has 0 saturated carbocycles. The van der Waals surface area contributed by atoms with Gasteiger partial charge in [0.15, 0.2) is 0 Å².